The molecule has 1 N–H and O–H groups in total. The van der Waals surface area contributed by atoms with E-state index in [2.05, 4.69) is 59.6 Å². The van der Waals surface area contributed by atoms with Crippen LogP contribution in [-0.2, 0) is 17.7 Å². The zero-order valence-corrected chi connectivity index (χ0v) is 18.6. The average molecular weight is 422 g/mol. The van der Waals surface area contributed by atoms with Gasteiger partial charge in [0.05, 0.1) is 12.2 Å². The summed E-state index contributed by atoms with van der Waals surface area (Å²) in [5.74, 6) is 0. The van der Waals surface area contributed by atoms with Crippen molar-refractivity contribution in [3.63, 3.8) is 0 Å². The summed E-state index contributed by atoms with van der Waals surface area (Å²) in [5.41, 5.74) is 3.50. The topological polar surface area (TPSA) is 44.8 Å². The summed E-state index contributed by atoms with van der Waals surface area (Å²) in [6.45, 7) is 6.87. The van der Waals surface area contributed by atoms with Gasteiger partial charge in [0.25, 0.3) is 0 Å². The molecule has 0 radical (unpaired) electrons. The third-order valence-electron chi connectivity index (χ3n) is 6.48. The molecule has 2 saturated heterocycles. The molecule has 5 heteroatoms. The van der Waals surface area contributed by atoms with Gasteiger partial charge in [0.1, 0.15) is 0 Å². The van der Waals surface area contributed by atoms with Gasteiger partial charge in [-0.2, -0.15) is 0 Å². The lowest BCUT2D eigenvalue weighted by Gasteiger charge is -2.37. The first-order valence-corrected chi connectivity index (χ1v) is 11.8. The second-order valence-electron chi connectivity index (χ2n) is 8.77. The molecule has 5 nitrogen and oxygen atoms in total. The zero-order chi connectivity index (χ0) is 21.5. The van der Waals surface area contributed by atoms with Gasteiger partial charge >= 0.3 is 6.03 Å². The lowest BCUT2D eigenvalue weighted by Crippen LogP contribution is -2.45. The van der Waals surface area contributed by atoms with Crippen LogP contribution in [0.4, 0.5) is 10.5 Å². The summed E-state index contributed by atoms with van der Waals surface area (Å²) in [7, 11) is 0. The van der Waals surface area contributed by atoms with Gasteiger partial charge in [0.15, 0.2) is 0 Å². The highest BCUT2D eigenvalue weighted by Crippen LogP contribution is 2.22. The summed E-state index contributed by atoms with van der Waals surface area (Å²) in [4.78, 5) is 17.1. The highest BCUT2D eigenvalue weighted by atomic mass is 16.5. The minimum absolute atomic E-state index is 0.000855. The van der Waals surface area contributed by atoms with Crippen molar-refractivity contribution in [2.45, 2.75) is 57.8 Å². The summed E-state index contributed by atoms with van der Waals surface area (Å²) in [6, 6.07) is 18.8. The minimum Gasteiger partial charge on any atom is -0.375 e. The zero-order valence-electron chi connectivity index (χ0n) is 18.6. The number of nitrogens with zero attached hydrogens (tertiary/aromatic N) is 2. The van der Waals surface area contributed by atoms with Crippen LogP contribution in [0.15, 0.2) is 54.6 Å². The van der Waals surface area contributed by atoms with Crippen molar-refractivity contribution in [1.29, 1.82) is 0 Å². The van der Waals surface area contributed by atoms with Crippen LogP contribution in [0.25, 0.3) is 0 Å². The van der Waals surface area contributed by atoms with E-state index in [1.165, 1.54) is 11.1 Å². The predicted molar refractivity (Wildman–Crippen MR) is 125 cm³/mol. The summed E-state index contributed by atoms with van der Waals surface area (Å²) in [5, 5.41) is 3.05. The number of aryl methyl sites for hydroxylation is 1. The number of urea groups is 1. The maximum atomic E-state index is 12.6. The van der Waals surface area contributed by atoms with E-state index in [1.807, 2.05) is 17.0 Å². The molecule has 0 spiro atoms. The van der Waals surface area contributed by atoms with Gasteiger partial charge in [-0.25, -0.2) is 4.79 Å². The van der Waals surface area contributed by atoms with Crippen molar-refractivity contribution in [3.05, 3.63) is 65.7 Å². The molecule has 2 heterocycles. The second kappa shape index (κ2) is 10.8. The number of amides is 2. The van der Waals surface area contributed by atoms with E-state index in [0.29, 0.717) is 6.10 Å². The Morgan fingerprint density at radius 1 is 0.903 bits per heavy atom. The van der Waals surface area contributed by atoms with Crippen molar-refractivity contribution >= 4 is 11.7 Å². The fourth-order valence-corrected chi connectivity index (χ4v) is 4.58. The second-order valence-corrected chi connectivity index (χ2v) is 8.77. The van der Waals surface area contributed by atoms with Gasteiger partial charge < -0.3 is 15.0 Å². The van der Waals surface area contributed by atoms with Crippen LogP contribution in [0.1, 0.15) is 43.7 Å². The summed E-state index contributed by atoms with van der Waals surface area (Å²) < 4.78 is 6.42. The molecular weight excluding hydrogens is 386 g/mol. The maximum Gasteiger partial charge on any atom is 0.321 e. The molecule has 0 aromatic heterocycles. The molecule has 31 heavy (non-hydrogen) atoms. The minimum atomic E-state index is 0.000855. The molecule has 2 aliphatic heterocycles. The number of carbonyl (C=O) groups is 1. The summed E-state index contributed by atoms with van der Waals surface area (Å²) >= 11 is 0. The van der Waals surface area contributed by atoms with Crippen LogP contribution in [0, 0.1) is 0 Å². The van der Waals surface area contributed by atoms with Gasteiger partial charge in [0.2, 0.25) is 0 Å². The van der Waals surface area contributed by atoms with Crippen molar-refractivity contribution in [3.8, 4) is 0 Å². The number of hydrogen-bond acceptors (Lipinski definition) is 3. The summed E-state index contributed by atoms with van der Waals surface area (Å²) in [6.07, 6.45) is 5.65. The van der Waals surface area contributed by atoms with E-state index in [4.69, 9.17) is 4.74 Å². The molecular formula is C26H35N3O2. The fourth-order valence-electron chi connectivity index (χ4n) is 4.58. The van der Waals surface area contributed by atoms with Crippen molar-refractivity contribution in [2.75, 3.05) is 31.5 Å². The van der Waals surface area contributed by atoms with Gasteiger partial charge in [-0.05, 0) is 55.4 Å². The standard InChI is InChI=1S/C26H35N3O2/c1-2-21-9-6-10-23(19-21)27-26(30)29-17-13-25(14-18-29)31-24-11-15-28(16-12-24)20-22-7-4-3-5-8-22/h3-10,19,24-25H,2,11-18,20H2,1H3,(H,27,30). The van der Waals surface area contributed by atoms with Crippen LogP contribution in [0.2, 0.25) is 0 Å². The van der Waals surface area contributed by atoms with Crippen molar-refractivity contribution < 1.29 is 9.53 Å². The number of likely N-dealkylation sites (tertiary alicyclic amines) is 2. The van der Waals surface area contributed by atoms with E-state index in [-0.39, 0.29) is 12.1 Å². The fraction of sp³-hybridized carbons (Fsp3) is 0.500. The van der Waals surface area contributed by atoms with Crippen LogP contribution < -0.4 is 5.32 Å². The van der Waals surface area contributed by atoms with Crippen LogP contribution in [0.3, 0.4) is 0 Å². The SMILES string of the molecule is CCc1cccc(NC(=O)N2CCC(OC3CCN(Cc4ccccc4)CC3)CC2)c1. The van der Waals surface area contributed by atoms with Gasteiger partial charge in [-0.3, -0.25) is 4.90 Å². The number of ether oxygens (including phenoxy) is 1. The Kier molecular flexibility index (Phi) is 7.60. The molecule has 0 bridgehead atoms. The Bertz CT molecular complexity index is 826. The molecule has 166 valence electrons. The molecule has 4 rings (SSSR count). The highest BCUT2D eigenvalue weighted by Gasteiger charge is 2.27. The quantitative estimate of drug-likeness (QED) is 0.720. The van der Waals surface area contributed by atoms with Crippen LogP contribution >= 0.6 is 0 Å². The Morgan fingerprint density at radius 3 is 2.23 bits per heavy atom. The average Bonchev–Trinajstić information content (AvgIpc) is 2.81. The number of piperidine rings is 2. The van der Waals surface area contributed by atoms with E-state index >= 15 is 0 Å². The monoisotopic (exact) mass is 421 g/mol. The number of rotatable bonds is 6. The molecule has 2 aromatic carbocycles. The molecule has 2 amide bonds. The Hall–Kier alpha value is -2.37. The van der Waals surface area contributed by atoms with Crippen molar-refractivity contribution in [1.82, 2.24) is 9.80 Å². The number of nitrogens with one attached hydrogen (secondary N) is 1. The molecule has 0 unspecified atom stereocenters. The Balaban J connectivity index is 1.16. The number of anilines is 1. The first-order valence-electron chi connectivity index (χ1n) is 11.8. The number of benzene rings is 2. The molecule has 0 atom stereocenters. The molecule has 2 aliphatic rings. The molecule has 0 saturated carbocycles. The Morgan fingerprint density at radius 2 is 1.55 bits per heavy atom. The van der Waals surface area contributed by atoms with E-state index < -0.39 is 0 Å². The molecule has 2 aromatic rings. The van der Waals surface area contributed by atoms with Gasteiger partial charge in [0, 0.05) is 38.4 Å². The third-order valence-corrected chi connectivity index (χ3v) is 6.48. The largest absolute Gasteiger partial charge is 0.375 e. The molecule has 0 aliphatic carbocycles. The molecule has 2 fully saturated rings. The highest BCUT2D eigenvalue weighted by molar-refractivity contribution is 5.89. The lowest BCUT2D eigenvalue weighted by atomic mass is 10.0. The van der Waals surface area contributed by atoms with E-state index in [0.717, 1.165) is 70.5 Å². The maximum absolute atomic E-state index is 12.6. The van der Waals surface area contributed by atoms with E-state index in [9.17, 15) is 4.79 Å². The normalized spacial score (nSPS) is 18.8. The van der Waals surface area contributed by atoms with Gasteiger partial charge in [-0.15, -0.1) is 0 Å². The van der Waals surface area contributed by atoms with Gasteiger partial charge in [-0.1, -0.05) is 49.4 Å². The smallest absolute Gasteiger partial charge is 0.321 e. The predicted octanol–water partition coefficient (Wildman–Crippen LogP) is 4.93. The van der Waals surface area contributed by atoms with Crippen LogP contribution in [0.5, 0.6) is 0 Å². The first kappa shape index (κ1) is 21.8. The first-order chi connectivity index (χ1) is 15.2. The van der Waals surface area contributed by atoms with Crippen LogP contribution in [-0.4, -0.2) is 54.2 Å². The van der Waals surface area contributed by atoms with E-state index in [1.54, 1.807) is 0 Å². The lowest BCUT2D eigenvalue weighted by molar-refractivity contribution is -0.0616. The van der Waals surface area contributed by atoms with Crippen molar-refractivity contribution in [2.24, 2.45) is 0 Å². The number of carbonyl (C=O) groups excluding carboxylic acids is 1. The number of hydrogen-bond donors (Lipinski definition) is 1. The Labute approximate surface area is 186 Å². The third kappa shape index (κ3) is 6.31.